The van der Waals surface area contributed by atoms with Crippen molar-refractivity contribution in [3.8, 4) is 5.75 Å². The molecule has 2 N–H and O–H groups in total. The zero-order valence-corrected chi connectivity index (χ0v) is 14.9. The Morgan fingerprint density at radius 3 is 2.58 bits per heavy atom. The molecule has 0 bridgehead atoms. The molecule has 0 saturated carbocycles. The van der Waals surface area contributed by atoms with Crippen LogP contribution in [0.1, 0.15) is 36.8 Å². The molecule has 2 rings (SSSR count). The molecule has 6 nitrogen and oxygen atoms in total. The van der Waals surface area contributed by atoms with Gasteiger partial charge < -0.3 is 19.9 Å². The molecule has 2 aromatic rings. The van der Waals surface area contributed by atoms with Gasteiger partial charge in [-0.1, -0.05) is 0 Å². The van der Waals surface area contributed by atoms with Gasteiger partial charge in [0.15, 0.2) is 0 Å². The lowest BCUT2D eigenvalue weighted by Gasteiger charge is -2.13. The predicted molar refractivity (Wildman–Crippen MR) is 94.5 cm³/mol. The molecule has 6 heteroatoms. The van der Waals surface area contributed by atoms with Crippen LogP contribution in [0.15, 0.2) is 18.2 Å². The number of aryl methyl sites for hydroxylation is 1. The van der Waals surface area contributed by atoms with Crippen LogP contribution in [0.25, 0.3) is 10.9 Å². The number of benzene rings is 1. The van der Waals surface area contributed by atoms with Crippen molar-refractivity contribution >= 4 is 22.7 Å². The van der Waals surface area contributed by atoms with Crippen molar-refractivity contribution in [1.82, 2.24) is 15.2 Å². The summed E-state index contributed by atoms with van der Waals surface area (Å²) in [6.07, 6.45) is 0. The number of aromatic nitrogens is 1. The molecular weight excluding hydrogens is 306 g/mol. The van der Waals surface area contributed by atoms with E-state index in [-0.39, 0.29) is 11.8 Å². The maximum absolute atomic E-state index is 12.8. The van der Waals surface area contributed by atoms with Crippen LogP contribution in [0.2, 0.25) is 0 Å². The Morgan fingerprint density at radius 2 is 2.00 bits per heavy atom. The number of nitrogens with one attached hydrogen (secondary N) is 2. The van der Waals surface area contributed by atoms with Crippen molar-refractivity contribution < 1.29 is 14.3 Å². The third-order valence-corrected chi connectivity index (χ3v) is 4.17. The van der Waals surface area contributed by atoms with Gasteiger partial charge in [-0.3, -0.25) is 9.59 Å². The Balaban J connectivity index is 2.44. The maximum Gasteiger partial charge on any atom is 0.254 e. The van der Waals surface area contributed by atoms with Crippen molar-refractivity contribution in [2.24, 2.45) is 0 Å². The SMILES string of the molecule is CCNC(=O)C(C)NC(=O)c1c(C)n(CC)c2ccc(OC)cc12. The fourth-order valence-electron chi connectivity index (χ4n) is 2.94. The molecule has 24 heavy (non-hydrogen) atoms. The molecule has 0 saturated heterocycles. The Morgan fingerprint density at radius 1 is 1.29 bits per heavy atom. The minimum Gasteiger partial charge on any atom is -0.497 e. The Kier molecular flexibility index (Phi) is 5.49. The lowest BCUT2D eigenvalue weighted by atomic mass is 10.1. The van der Waals surface area contributed by atoms with E-state index in [2.05, 4.69) is 15.2 Å². The van der Waals surface area contributed by atoms with Gasteiger partial charge in [-0.05, 0) is 45.9 Å². The van der Waals surface area contributed by atoms with Gasteiger partial charge in [0.1, 0.15) is 11.8 Å². The van der Waals surface area contributed by atoms with E-state index in [0.29, 0.717) is 17.9 Å². The van der Waals surface area contributed by atoms with Crippen LogP contribution in [0.4, 0.5) is 0 Å². The summed E-state index contributed by atoms with van der Waals surface area (Å²) in [6.45, 7) is 8.77. The Bertz CT molecular complexity index is 764. The monoisotopic (exact) mass is 331 g/mol. The minimum atomic E-state index is -0.595. The highest BCUT2D eigenvalue weighted by molar-refractivity contribution is 6.09. The number of ether oxygens (including phenoxy) is 1. The number of carbonyl (C=O) groups is 2. The van der Waals surface area contributed by atoms with E-state index in [1.807, 2.05) is 39.0 Å². The Hall–Kier alpha value is -2.50. The number of methoxy groups -OCH3 is 1. The first-order valence-corrected chi connectivity index (χ1v) is 8.19. The Labute approximate surface area is 142 Å². The zero-order valence-electron chi connectivity index (χ0n) is 14.9. The second-order valence-electron chi connectivity index (χ2n) is 5.68. The fraction of sp³-hybridized carbons (Fsp3) is 0.444. The second-order valence-corrected chi connectivity index (χ2v) is 5.68. The van der Waals surface area contributed by atoms with Gasteiger partial charge in [0.25, 0.3) is 5.91 Å². The highest BCUT2D eigenvalue weighted by Crippen LogP contribution is 2.29. The van der Waals surface area contributed by atoms with Crippen LogP contribution in [0.5, 0.6) is 5.75 Å². The largest absolute Gasteiger partial charge is 0.497 e. The molecule has 1 unspecified atom stereocenters. The van der Waals surface area contributed by atoms with E-state index >= 15 is 0 Å². The molecule has 130 valence electrons. The number of amides is 2. The number of hydrogen-bond donors (Lipinski definition) is 2. The van der Waals surface area contributed by atoms with Crippen molar-refractivity contribution in [2.75, 3.05) is 13.7 Å². The van der Waals surface area contributed by atoms with Gasteiger partial charge >= 0.3 is 0 Å². The van der Waals surface area contributed by atoms with Crippen LogP contribution >= 0.6 is 0 Å². The van der Waals surface area contributed by atoms with E-state index in [1.165, 1.54) is 0 Å². The average molecular weight is 331 g/mol. The number of fused-ring (bicyclic) bond motifs is 1. The normalized spacial score (nSPS) is 12.0. The summed E-state index contributed by atoms with van der Waals surface area (Å²) in [6, 6.07) is 5.10. The third-order valence-electron chi connectivity index (χ3n) is 4.17. The molecule has 1 aromatic heterocycles. The summed E-state index contributed by atoms with van der Waals surface area (Å²) in [4.78, 5) is 24.7. The van der Waals surface area contributed by atoms with E-state index in [0.717, 1.165) is 23.1 Å². The van der Waals surface area contributed by atoms with E-state index < -0.39 is 6.04 Å². The topological polar surface area (TPSA) is 72.4 Å². The summed E-state index contributed by atoms with van der Waals surface area (Å²) >= 11 is 0. The molecule has 2 amide bonds. The highest BCUT2D eigenvalue weighted by Gasteiger charge is 2.23. The quantitative estimate of drug-likeness (QED) is 0.852. The molecule has 1 atom stereocenters. The smallest absolute Gasteiger partial charge is 0.254 e. The van der Waals surface area contributed by atoms with E-state index in [1.54, 1.807) is 14.0 Å². The summed E-state index contributed by atoms with van der Waals surface area (Å²) in [7, 11) is 1.60. The van der Waals surface area contributed by atoms with Crippen LogP contribution in [0.3, 0.4) is 0 Å². The molecule has 0 fully saturated rings. The first-order valence-electron chi connectivity index (χ1n) is 8.19. The first-order chi connectivity index (χ1) is 11.4. The first kappa shape index (κ1) is 17.8. The van der Waals surface area contributed by atoms with Gasteiger partial charge in [-0.15, -0.1) is 0 Å². The summed E-state index contributed by atoms with van der Waals surface area (Å²) < 4.78 is 7.37. The number of likely N-dealkylation sites (N-methyl/N-ethyl adjacent to an activating group) is 1. The molecular formula is C18H25N3O3. The van der Waals surface area contributed by atoms with Crippen LogP contribution in [-0.2, 0) is 11.3 Å². The number of nitrogens with zero attached hydrogens (tertiary/aromatic N) is 1. The van der Waals surface area contributed by atoms with Gasteiger partial charge in [0.2, 0.25) is 5.91 Å². The highest BCUT2D eigenvalue weighted by atomic mass is 16.5. The van der Waals surface area contributed by atoms with Gasteiger partial charge in [-0.25, -0.2) is 0 Å². The van der Waals surface area contributed by atoms with Crippen molar-refractivity contribution in [1.29, 1.82) is 0 Å². The molecule has 0 radical (unpaired) electrons. The van der Waals surface area contributed by atoms with Crippen LogP contribution in [-0.4, -0.2) is 36.1 Å². The molecule has 0 aliphatic carbocycles. The number of hydrogen-bond acceptors (Lipinski definition) is 3. The second kappa shape index (κ2) is 7.38. The summed E-state index contributed by atoms with van der Waals surface area (Å²) in [5.41, 5.74) is 2.44. The molecule has 1 aromatic carbocycles. The molecule has 0 aliphatic heterocycles. The zero-order chi connectivity index (χ0) is 17.9. The van der Waals surface area contributed by atoms with E-state index in [4.69, 9.17) is 4.74 Å². The van der Waals surface area contributed by atoms with Gasteiger partial charge in [0.05, 0.1) is 12.7 Å². The molecule has 0 spiro atoms. The van der Waals surface area contributed by atoms with Crippen molar-refractivity contribution in [2.45, 2.75) is 40.3 Å². The lowest BCUT2D eigenvalue weighted by Crippen LogP contribution is -2.44. The predicted octanol–water partition coefficient (Wildman–Crippen LogP) is 2.23. The van der Waals surface area contributed by atoms with Gasteiger partial charge in [0, 0.05) is 29.7 Å². The number of carbonyl (C=O) groups excluding carboxylic acids is 2. The minimum absolute atomic E-state index is 0.194. The van der Waals surface area contributed by atoms with Gasteiger partial charge in [-0.2, -0.15) is 0 Å². The maximum atomic E-state index is 12.8. The van der Waals surface area contributed by atoms with Crippen LogP contribution < -0.4 is 15.4 Å². The molecule has 0 aliphatic rings. The van der Waals surface area contributed by atoms with Crippen LogP contribution in [0, 0.1) is 6.92 Å². The van der Waals surface area contributed by atoms with Crippen molar-refractivity contribution in [3.05, 3.63) is 29.5 Å². The third kappa shape index (κ3) is 3.22. The number of rotatable bonds is 6. The summed E-state index contributed by atoms with van der Waals surface area (Å²) in [5, 5.41) is 6.32. The average Bonchev–Trinajstić information content (AvgIpc) is 2.85. The molecule has 1 heterocycles. The summed E-state index contributed by atoms with van der Waals surface area (Å²) in [5.74, 6) is 0.249. The van der Waals surface area contributed by atoms with Crippen molar-refractivity contribution in [3.63, 3.8) is 0 Å². The fourth-order valence-corrected chi connectivity index (χ4v) is 2.94. The standard InChI is InChI=1S/C18H25N3O3/c1-6-19-17(22)11(3)20-18(23)16-12(4)21(7-2)15-9-8-13(24-5)10-14(15)16/h8-11H,6-7H2,1-5H3,(H,19,22)(H,20,23). The van der Waals surface area contributed by atoms with E-state index in [9.17, 15) is 9.59 Å². The lowest BCUT2D eigenvalue weighted by molar-refractivity contribution is -0.122.